The molecule has 0 radical (unpaired) electrons. The summed E-state index contributed by atoms with van der Waals surface area (Å²) in [6.07, 6.45) is 4.72. The van der Waals surface area contributed by atoms with Gasteiger partial charge in [0.25, 0.3) is 0 Å². The number of aromatic nitrogens is 2. The Morgan fingerprint density at radius 3 is 2.32 bits per heavy atom. The average Bonchev–Trinajstić information content (AvgIpc) is 2.99. The van der Waals surface area contributed by atoms with E-state index < -0.39 is 0 Å². The second-order valence-electron chi connectivity index (χ2n) is 4.62. The monoisotopic (exact) mass is 376 g/mol. The summed E-state index contributed by atoms with van der Waals surface area (Å²) in [6.45, 7) is 0. The maximum absolute atomic E-state index is 6.34. The van der Waals surface area contributed by atoms with E-state index in [9.17, 15) is 0 Å². The molecule has 1 aliphatic rings. The minimum Gasteiger partial charge on any atom is -0.215 e. The fraction of sp³-hybridized carbons (Fsp3) is 0.385. The van der Waals surface area contributed by atoms with Crippen molar-refractivity contribution in [1.82, 2.24) is 9.97 Å². The lowest BCUT2D eigenvalue weighted by Gasteiger charge is -2.13. The number of rotatable bonds is 2. The Hall–Kier alpha value is -0.160. The number of halogens is 3. The first-order valence-electron chi connectivity index (χ1n) is 6.13. The molecule has 2 nitrogen and oxygen atoms in total. The van der Waals surface area contributed by atoms with Crippen LogP contribution in [0, 0.1) is 0 Å². The van der Waals surface area contributed by atoms with Crippen LogP contribution in [0.2, 0.25) is 10.3 Å². The van der Waals surface area contributed by atoms with E-state index in [4.69, 9.17) is 23.2 Å². The fourth-order valence-corrected chi connectivity index (χ4v) is 4.70. The Balaban J connectivity index is 2.05. The molecule has 3 rings (SSSR count). The molecule has 0 atom stereocenters. The van der Waals surface area contributed by atoms with E-state index in [1.807, 2.05) is 11.4 Å². The van der Waals surface area contributed by atoms with Gasteiger partial charge >= 0.3 is 0 Å². The summed E-state index contributed by atoms with van der Waals surface area (Å²) in [5, 5.41) is 2.99. The smallest absolute Gasteiger partial charge is 0.173 e. The molecule has 19 heavy (non-hydrogen) atoms. The maximum Gasteiger partial charge on any atom is 0.173 e. The first-order valence-corrected chi connectivity index (χ1v) is 8.56. The van der Waals surface area contributed by atoms with Crippen LogP contribution in [0.15, 0.2) is 15.9 Å². The van der Waals surface area contributed by atoms with Crippen LogP contribution in [0.4, 0.5) is 0 Å². The topological polar surface area (TPSA) is 25.8 Å². The highest BCUT2D eigenvalue weighted by Crippen LogP contribution is 2.41. The van der Waals surface area contributed by atoms with Gasteiger partial charge in [-0.1, -0.05) is 36.0 Å². The Morgan fingerprint density at radius 2 is 1.79 bits per heavy atom. The number of hydrogen-bond donors (Lipinski definition) is 0. The Kier molecular flexibility index (Phi) is 4.13. The number of thiophene rings is 1. The molecule has 1 saturated carbocycles. The van der Waals surface area contributed by atoms with Crippen LogP contribution in [-0.2, 0) is 0 Å². The minimum absolute atomic E-state index is 0.417. The van der Waals surface area contributed by atoms with Gasteiger partial charge in [-0.15, -0.1) is 11.3 Å². The Morgan fingerprint density at radius 1 is 1.16 bits per heavy atom. The lowest BCUT2D eigenvalue weighted by Crippen LogP contribution is -2.01. The summed E-state index contributed by atoms with van der Waals surface area (Å²) in [5.41, 5.74) is 0.928. The highest BCUT2D eigenvalue weighted by Gasteiger charge is 2.25. The van der Waals surface area contributed by atoms with Gasteiger partial charge in [0.15, 0.2) is 5.82 Å². The zero-order chi connectivity index (χ0) is 13.4. The van der Waals surface area contributed by atoms with E-state index in [1.54, 1.807) is 11.3 Å². The molecule has 0 aliphatic heterocycles. The van der Waals surface area contributed by atoms with E-state index in [0.717, 1.165) is 27.8 Å². The average molecular weight is 378 g/mol. The lowest BCUT2D eigenvalue weighted by atomic mass is 10.0. The Bertz CT molecular complexity index is 585. The third-order valence-electron chi connectivity index (χ3n) is 3.44. The maximum atomic E-state index is 6.34. The second kappa shape index (κ2) is 5.68. The summed E-state index contributed by atoms with van der Waals surface area (Å²) in [7, 11) is 0. The summed E-state index contributed by atoms with van der Waals surface area (Å²) in [4.78, 5) is 9.82. The molecule has 2 heterocycles. The largest absolute Gasteiger partial charge is 0.215 e. The summed E-state index contributed by atoms with van der Waals surface area (Å²) < 4.78 is 0.971. The molecule has 0 spiro atoms. The van der Waals surface area contributed by atoms with Gasteiger partial charge in [-0.2, -0.15) is 0 Å². The van der Waals surface area contributed by atoms with Crippen molar-refractivity contribution in [3.8, 4) is 10.7 Å². The summed E-state index contributed by atoms with van der Waals surface area (Å²) in [5.74, 6) is 1.01. The molecule has 0 saturated heterocycles. The molecule has 6 heteroatoms. The van der Waals surface area contributed by atoms with Gasteiger partial charge in [-0.05, 0) is 46.1 Å². The second-order valence-corrected chi connectivity index (χ2v) is 7.11. The van der Waals surface area contributed by atoms with Crippen molar-refractivity contribution in [1.29, 1.82) is 0 Å². The van der Waals surface area contributed by atoms with Crippen LogP contribution in [0.1, 0.15) is 37.2 Å². The molecule has 2 aromatic heterocycles. The molecular weight excluding hydrogens is 367 g/mol. The van der Waals surface area contributed by atoms with Crippen molar-refractivity contribution in [2.24, 2.45) is 0 Å². The minimum atomic E-state index is 0.417. The van der Waals surface area contributed by atoms with Gasteiger partial charge in [0, 0.05) is 10.0 Å². The van der Waals surface area contributed by atoms with Crippen molar-refractivity contribution in [3.05, 3.63) is 31.8 Å². The Labute approximate surface area is 134 Å². The zero-order valence-corrected chi connectivity index (χ0v) is 13.9. The third kappa shape index (κ3) is 2.68. The quantitative estimate of drug-likeness (QED) is 0.606. The molecule has 2 aromatic rings. The number of nitrogens with zero attached hydrogens (tertiary/aromatic N) is 2. The normalized spacial score (nSPS) is 16.2. The first kappa shape index (κ1) is 13.8. The standard InChI is InChI=1S/C13H11BrCl2N2S/c14-8-5-6-19-10(8)13-17-11(15)9(12(16)18-13)7-3-1-2-4-7/h5-7H,1-4H2. The molecule has 0 unspecified atom stereocenters. The molecule has 1 aliphatic carbocycles. The molecule has 0 bridgehead atoms. The van der Waals surface area contributed by atoms with Gasteiger partial charge in [0.05, 0.1) is 4.88 Å². The van der Waals surface area contributed by atoms with Crippen LogP contribution in [-0.4, -0.2) is 9.97 Å². The molecule has 0 amide bonds. The van der Waals surface area contributed by atoms with E-state index >= 15 is 0 Å². The predicted octanol–water partition coefficient (Wildman–Crippen LogP) is 5.93. The molecule has 1 fully saturated rings. The SMILES string of the molecule is Clc1nc(-c2sccc2Br)nc(Cl)c1C1CCCC1. The highest BCUT2D eigenvalue weighted by atomic mass is 79.9. The van der Waals surface area contributed by atoms with Gasteiger partial charge in [-0.25, -0.2) is 9.97 Å². The van der Waals surface area contributed by atoms with Crippen LogP contribution < -0.4 is 0 Å². The van der Waals surface area contributed by atoms with Crippen molar-refractivity contribution in [2.75, 3.05) is 0 Å². The summed E-state index contributed by atoms with van der Waals surface area (Å²) in [6, 6.07) is 1.97. The van der Waals surface area contributed by atoms with E-state index in [2.05, 4.69) is 25.9 Å². The first-order chi connectivity index (χ1) is 9.16. The van der Waals surface area contributed by atoms with Gasteiger partial charge < -0.3 is 0 Å². The molecule has 0 aromatic carbocycles. The van der Waals surface area contributed by atoms with Crippen molar-refractivity contribution in [2.45, 2.75) is 31.6 Å². The van der Waals surface area contributed by atoms with Crippen LogP contribution in [0.5, 0.6) is 0 Å². The molecule has 0 N–H and O–H groups in total. The van der Waals surface area contributed by atoms with E-state index in [0.29, 0.717) is 22.0 Å². The van der Waals surface area contributed by atoms with E-state index in [1.165, 1.54) is 12.8 Å². The van der Waals surface area contributed by atoms with Crippen LogP contribution in [0.3, 0.4) is 0 Å². The van der Waals surface area contributed by atoms with Crippen LogP contribution in [0.25, 0.3) is 10.7 Å². The highest BCUT2D eigenvalue weighted by molar-refractivity contribution is 9.10. The number of hydrogen-bond acceptors (Lipinski definition) is 3. The summed E-state index contributed by atoms with van der Waals surface area (Å²) >= 11 is 17.7. The van der Waals surface area contributed by atoms with Crippen molar-refractivity contribution >= 4 is 50.5 Å². The van der Waals surface area contributed by atoms with Gasteiger partial charge in [0.1, 0.15) is 10.3 Å². The van der Waals surface area contributed by atoms with Gasteiger partial charge in [0.2, 0.25) is 0 Å². The molecular formula is C13H11BrCl2N2S. The fourth-order valence-electron chi connectivity index (χ4n) is 2.52. The van der Waals surface area contributed by atoms with Gasteiger partial charge in [-0.3, -0.25) is 0 Å². The predicted molar refractivity (Wildman–Crippen MR) is 84.3 cm³/mol. The zero-order valence-electron chi connectivity index (χ0n) is 10.00. The van der Waals surface area contributed by atoms with Crippen LogP contribution >= 0.6 is 50.5 Å². The third-order valence-corrected chi connectivity index (χ3v) is 5.85. The van der Waals surface area contributed by atoms with Crippen molar-refractivity contribution in [3.63, 3.8) is 0 Å². The molecule has 100 valence electrons. The van der Waals surface area contributed by atoms with E-state index in [-0.39, 0.29) is 0 Å². The lowest BCUT2D eigenvalue weighted by molar-refractivity contribution is 0.715. The van der Waals surface area contributed by atoms with Crippen molar-refractivity contribution < 1.29 is 0 Å².